The van der Waals surface area contributed by atoms with Gasteiger partial charge in [0.2, 0.25) is 11.8 Å². The molecule has 1 heterocycles. The zero-order valence-electron chi connectivity index (χ0n) is 6.83. The van der Waals surface area contributed by atoms with Crippen molar-refractivity contribution < 1.29 is 14.7 Å². The fourth-order valence-electron chi connectivity index (χ4n) is 1.09. The van der Waals surface area contributed by atoms with Crippen LogP contribution in [-0.2, 0) is 9.59 Å². The normalized spacial score (nSPS) is 29.5. The highest BCUT2D eigenvalue weighted by atomic mass is 16.3. The standard InChI is InChI=1S/C7H12N2O3/c1-2-4-6(11)9-5(3-10)7(12)8-4/h4-5,10H,2-3H2,1H3,(H,8,12)(H,9,11)/t4-,5-/m1/s1. The summed E-state index contributed by atoms with van der Waals surface area (Å²) in [6.07, 6.45) is 0.565. The molecule has 5 nitrogen and oxygen atoms in total. The van der Waals surface area contributed by atoms with Crippen LogP contribution < -0.4 is 10.6 Å². The summed E-state index contributed by atoms with van der Waals surface area (Å²) in [5, 5.41) is 13.6. The lowest BCUT2D eigenvalue weighted by molar-refractivity contribution is -0.137. The number of piperazine rings is 1. The summed E-state index contributed by atoms with van der Waals surface area (Å²) in [6, 6.07) is -1.22. The van der Waals surface area contributed by atoms with Gasteiger partial charge in [0.1, 0.15) is 12.1 Å². The third-order valence-electron chi connectivity index (χ3n) is 1.86. The lowest BCUT2D eigenvalue weighted by Crippen LogP contribution is -2.62. The summed E-state index contributed by atoms with van der Waals surface area (Å²) < 4.78 is 0. The Labute approximate surface area is 70.1 Å². The maximum Gasteiger partial charge on any atom is 0.245 e. The number of amides is 2. The van der Waals surface area contributed by atoms with Crippen LogP contribution >= 0.6 is 0 Å². The molecule has 0 saturated carbocycles. The predicted molar refractivity (Wildman–Crippen MR) is 41.2 cm³/mol. The second kappa shape index (κ2) is 3.53. The topological polar surface area (TPSA) is 78.4 Å². The van der Waals surface area contributed by atoms with Crippen molar-refractivity contribution in [2.75, 3.05) is 6.61 Å². The van der Waals surface area contributed by atoms with Crippen molar-refractivity contribution in [1.29, 1.82) is 0 Å². The first-order valence-electron chi connectivity index (χ1n) is 3.90. The summed E-state index contributed by atoms with van der Waals surface area (Å²) in [5.41, 5.74) is 0. The van der Waals surface area contributed by atoms with Crippen molar-refractivity contribution in [2.45, 2.75) is 25.4 Å². The van der Waals surface area contributed by atoms with E-state index < -0.39 is 12.1 Å². The van der Waals surface area contributed by atoms with Gasteiger partial charge in [-0.25, -0.2) is 0 Å². The molecule has 1 saturated heterocycles. The third-order valence-corrected chi connectivity index (χ3v) is 1.86. The largest absolute Gasteiger partial charge is 0.394 e. The summed E-state index contributed by atoms with van der Waals surface area (Å²) in [4.78, 5) is 22.2. The third kappa shape index (κ3) is 1.55. The lowest BCUT2D eigenvalue weighted by Gasteiger charge is -2.27. The van der Waals surface area contributed by atoms with Crippen molar-refractivity contribution in [2.24, 2.45) is 0 Å². The van der Waals surface area contributed by atoms with E-state index in [0.717, 1.165) is 0 Å². The van der Waals surface area contributed by atoms with E-state index in [1.807, 2.05) is 6.92 Å². The van der Waals surface area contributed by atoms with Crippen LogP contribution in [0.3, 0.4) is 0 Å². The molecule has 0 aliphatic carbocycles. The SMILES string of the molecule is CC[C@H]1NC(=O)[C@@H](CO)NC1=O. The van der Waals surface area contributed by atoms with Crippen molar-refractivity contribution >= 4 is 11.8 Å². The minimum Gasteiger partial charge on any atom is -0.394 e. The number of aliphatic hydroxyl groups is 1. The summed E-state index contributed by atoms with van der Waals surface area (Å²) in [6.45, 7) is 1.46. The van der Waals surface area contributed by atoms with Crippen molar-refractivity contribution in [3.63, 3.8) is 0 Å². The Hall–Kier alpha value is -1.10. The summed E-state index contributed by atoms with van der Waals surface area (Å²) in [5.74, 6) is -0.542. The Balaban J connectivity index is 2.61. The van der Waals surface area contributed by atoms with Gasteiger partial charge in [-0.3, -0.25) is 9.59 Å². The molecule has 0 unspecified atom stereocenters. The molecule has 2 amide bonds. The average molecular weight is 172 g/mol. The van der Waals surface area contributed by atoms with Crippen molar-refractivity contribution in [1.82, 2.24) is 10.6 Å². The molecule has 0 bridgehead atoms. The minimum atomic E-state index is -0.778. The van der Waals surface area contributed by atoms with Crippen LogP contribution in [-0.4, -0.2) is 35.6 Å². The molecule has 0 aromatic heterocycles. The van der Waals surface area contributed by atoms with Crippen LogP contribution in [0.2, 0.25) is 0 Å². The fourth-order valence-corrected chi connectivity index (χ4v) is 1.09. The van der Waals surface area contributed by atoms with Gasteiger partial charge in [0.25, 0.3) is 0 Å². The Bertz CT molecular complexity index is 183. The smallest absolute Gasteiger partial charge is 0.245 e. The molecule has 2 atom stereocenters. The zero-order valence-corrected chi connectivity index (χ0v) is 6.83. The van der Waals surface area contributed by atoms with Gasteiger partial charge in [-0.2, -0.15) is 0 Å². The molecule has 3 N–H and O–H groups in total. The number of hydrogen-bond donors (Lipinski definition) is 3. The maximum atomic E-state index is 11.1. The fraction of sp³-hybridized carbons (Fsp3) is 0.714. The quantitative estimate of drug-likeness (QED) is 0.468. The number of nitrogens with one attached hydrogen (secondary N) is 2. The number of rotatable bonds is 2. The molecular weight excluding hydrogens is 160 g/mol. The van der Waals surface area contributed by atoms with E-state index in [-0.39, 0.29) is 18.4 Å². The van der Waals surface area contributed by atoms with E-state index in [9.17, 15) is 9.59 Å². The van der Waals surface area contributed by atoms with Gasteiger partial charge in [0, 0.05) is 0 Å². The lowest BCUT2D eigenvalue weighted by atomic mass is 10.1. The maximum absolute atomic E-state index is 11.1. The number of carbonyl (C=O) groups is 2. The molecule has 1 fully saturated rings. The molecule has 0 aromatic rings. The molecule has 1 rings (SSSR count). The minimum absolute atomic E-state index is 0.226. The van der Waals surface area contributed by atoms with E-state index in [2.05, 4.69) is 10.6 Å². The van der Waals surface area contributed by atoms with E-state index >= 15 is 0 Å². The van der Waals surface area contributed by atoms with Gasteiger partial charge in [-0.05, 0) is 6.42 Å². The summed E-state index contributed by atoms with van der Waals surface area (Å²) in [7, 11) is 0. The molecule has 0 spiro atoms. The van der Waals surface area contributed by atoms with Gasteiger partial charge in [-0.1, -0.05) is 6.92 Å². The predicted octanol–water partition coefficient (Wildman–Crippen LogP) is -1.63. The van der Waals surface area contributed by atoms with Gasteiger partial charge >= 0.3 is 0 Å². The van der Waals surface area contributed by atoms with Crippen molar-refractivity contribution in [3.05, 3.63) is 0 Å². The van der Waals surface area contributed by atoms with Crippen LogP contribution in [0.1, 0.15) is 13.3 Å². The number of aliphatic hydroxyl groups excluding tert-OH is 1. The molecule has 5 heteroatoms. The van der Waals surface area contributed by atoms with E-state index in [0.29, 0.717) is 6.42 Å². The Morgan fingerprint density at radius 2 is 1.75 bits per heavy atom. The molecule has 68 valence electrons. The molecule has 0 aromatic carbocycles. The molecule has 1 aliphatic rings. The van der Waals surface area contributed by atoms with Gasteiger partial charge < -0.3 is 15.7 Å². The van der Waals surface area contributed by atoms with Crippen LogP contribution in [0.5, 0.6) is 0 Å². The van der Waals surface area contributed by atoms with Crippen LogP contribution in [0, 0.1) is 0 Å². The van der Waals surface area contributed by atoms with Crippen LogP contribution in [0.15, 0.2) is 0 Å². The second-order valence-corrected chi connectivity index (χ2v) is 2.71. The second-order valence-electron chi connectivity index (χ2n) is 2.71. The monoisotopic (exact) mass is 172 g/mol. The first-order valence-corrected chi connectivity index (χ1v) is 3.90. The summed E-state index contributed by atoms with van der Waals surface area (Å²) >= 11 is 0. The highest BCUT2D eigenvalue weighted by Gasteiger charge is 2.31. The van der Waals surface area contributed by atoms with Gasteiger partial charge in [-0.15, -0.1) is 0 Å². The number of hydrogen-bond acceptors (Lipinski definition) is 3. The first-order chi connectivity index (χ1) is 5.69. The van der Waals surface area contributed by atoms with Gasteiger partial charge in [0.15, 0.2) is 0 Å². The Morgan fingerprint density at radius 3 is 2.25 bits per heavy atom. The highest BCUT2D eigenvalue weighted by molar-refractivity contribution is 5.96. The van der Waals surface area contributed by atoms with Gasteiger partial charge in [0.05, 0.1) is 6.61 Å². The average Bonchev–Trinajstić information content (AvgIpc) is 2.08. The highest BCUT2D eigenvalue weighted by Crippen LogP contribution is 1.99. The van der Waals surface area contributed by atoms with Crippen molar-refractivity contribution in [3.8, 4) is 0 Å². The van der Waals surface area contributed by atoms with Crippen LogP contribution in [0.25, 0.3) is 0 Å². The Morgan fingerprint density at radius 1 is 1.25 bits per heavy atom. The molecule has 12 heavy (non-hydrogen) atoms. The first kappa shape index (κ1) is 8.99. The van der Waals surface area contributed by atoms with E-state index in [4.69, 9.17) is 5.11 Å². The molecule has 1 aliphatic heterocycles. The van der Waals surface area contributed by atoms with Crippen LogP contribution in [0.4, 0.5) is 0 Å². The Kier molecular flexibility index (Phi) is 2.65. The number of carbonyl (C=O) groups excluding carboxylic acids is 2. The molecule has 0 radical (unpaired) electrons. The van der Waals surface area contributed by atoms with E-state index in [1.165, 1.54) is 0 Å². The zero-order chi connectivity index (χ0) is 9.14. The van der Waals surface area contributed by atoms with E-state index in [1.54, 1.807) is 0 Å². The molecular formula is C7H12N2O3.